The molecule has 1 aliphatic rings. The van der Waals surface area contributed by atoms with E-state index in [1.807, 2.05) is 18.2 Å². The molecule has 1 aromatic rings. The smallest absolute Gasteiger partial charge is 0.0682 e. The SMILES string of the molecule is CC1CCC(CNc2cccc(CO)c2)CC1. The van der Waals surface area contributed by atoms with Gasteiger partial charge in [-0.1, -0.05) is 31.9 Å². The van der Waals surface area contributed by atoms with Crippen molar-refractivity contribution in [3.8, 4) is 0 Å². The minimum atomic E-state index is 0.121. The van der Waals surface area contributed by atoms with Crippen LogP contribution in [-0.4, -0.2) is 11.7 Å². The van der Waals surface area contributed by atoms with Gasteiger partial charge in [-0.2, -0.15) is 0 Å². The lowest BCUT2D eigenvalue weighted by Crippen LogP contribution is -2.20. The van der Waals surface area contributed by atoms with Crippen molar-refractivity contribution < 1.29 is 5.11 Å². The average Bonchev–Trinajstić information content (AvgIpc) is 2.38. The van der Waals surface area contributed by atoms with Crippen LogP contribution in [0.1, 0.15) is 38.2 Å². The summed E-state index contributed by atoms with van der Waals surface area (Å²) < 4.78 is 0. The second-order valence-electron chi connectivity index (χ2n) is 5.37. The van der Waals surface area contributed by atoms with Crippen LogP contribution < -0.4 is 5.32 Å². The molecule has 1 aromatic carbocycles. The molecule has 2 heteroatoms. The van der Waals surface area contributed by atoms with E-state index in [9.17, 15) is 0 Å². The van der Waals surface area contributed by atoms with E-state index in [2.05, 4.69) is 18.3 Å². The van der Waals surface area contributed by atoms with Gasteiger partial charge in [0.1, 0.15) is 0 Å². The molecule has 2 N–H and O–H groups in total. The first kappa shape index (κ1) is 12.4. The number of hydrogen-bond donors (Lipinski definition) is 2. The molecule has 0 aromatic heterocycles. The molecule has 0 aliphatic heterocycles. The van der Waals surface area contributed by atoms with Crippen LogP contribution in [0.15, 0.2) is 24.3 Å². The summed E-state index contributed by atoms with van der Waals surface area (Å²) in [5, 5.41) is 12.6. The Balaban J connectivity index is 1.81. The maximum absolute atomic E-state index is 9.08. The van der Waals surface area contributed by atoms with E-state index >= 15 is 0 Å². The van der Waals surface area contributed by atoms with Crippen LogP contribution in [0.25, 0.3) is 0 Å². The molecule has 0 radical (unpaired) electrons. The predicted octanol–water partition coefficient (Wildman–Crippen LogP) is 3.42. The first-order chi connectivity index (χ1) is 8.28. The Bertz CT molecular complexity index is 343. The van der Waals surface area contributed by atoms with E-state index < -0.39 is 0 Å². The molecule has 1 saturated carbocycles. The molecule has 0 saturated heterocycles. The highest BCUT2D eigenvalue weighted by Crippen LogP contribution is 2.28. The van der Waals surface area contributed by atoms with Gasteiger partial charge in [0.05, 0.1) is 6.61 Å². The Labute approximate surface area is 104 Å². The monoisotopic (exact) mass is 233 g/mol. The largest absolute Gasteiger partial charge is 0.392 e. The molecule has 0 bridgehead atoms. The quantitative estimate of drug-likeness (QED) is 0.835. The molecule has 0 heterocycles. The molecular weight excluding hydrogens is 210 g/mol. The molecule has 2 rings (SSSR count). The van der Waals surface area contributed by atoms with Gasteiger partial charge in [-0.3, -0.25) is 0 Å². The maximum atomic E-state index is 9.08. The number of aliphatic hydroxyl groups is 1. The fourth-order valence-corrected chi connectivity index (χ4v) is 2.58. The van der Waals surface area contributed by atoms with Crippen molar-refractivity contribution in [1.29, 1.82) is 0 Å². The Morgan fingerprint density at radius 1 is 1.24 bits per heavy atom. The lowest BCUT2D eigenvalue weighted by atomic mass is 9.83. The average molecular weight is 233 g/mol. The van der Waals surface area contributed by atoms with Crippen LogP contribution in [0.3, 0.4) is 0 Å². The van der Waals surface area contributed by atoms with Gasteiger partial charge in [0.15, 0.2) is 0 Å². The van der Waals surface area contributed by atoms with Crippen molar-refractivity contribution >= 4 is 5.69 Å². The molecule has 94 valence electrons. The number of aliphatic hydroxyl groups excluding tert-OH is 1. The molecule has 0 atom stereocenters. The fraction of sp³-hybridized carbons (Fsp3) is 0.600. The van der Waals surface area contributed by atoms with Gasteiger partial charge in [-0.05, 0) is 42.4 Å². The molecule has 0 amide bonds. The molecule has 0 unspecified atom stereocenters. The highest BCUT2D eigenvalue weighted by Gasteiger charge is 2.17. The first-order valence-electron chi connectivity index (χ1n) is 6.71. The Kier molecular flexibility index (Phi) is 4.43. The van der Waals surface area contributed by atoms with Crippen molar-refractivity contribution in [3.05, 3.63) is 29.8 Å². The van der Waals surface area contributed by atoms with E-state index in [4.69, 9.17) is 5.11 Å². The molecule has 1 aliphatic carbocycles. The molecule has 0 spiro atoms. The number of nitrogens with one attached hydrogen (secondary N) is 1. The van der Waals surface area contributed by atoms with Crippen molar-refractivity contribution in [2.75, 3.05) is 11.9 Å². The minimum Gasteiger partial charge on any atom is -0.392 e. The number of benzene rings is 1. The first-order valence-corrected chi connectivity index (χ1v) is 6.71. The molecule has 2 nitrogen and oxygen atoms in total. The summed E-state index contributed by atoms with van der Waals surface area (Å²) >= 11 is 0. The molecule has 1 fully saturated rings. The minimum absolute atomic E-state index is 0.121. The van der Waals surface area contributed by atoms with Crippen molar-refractivity contribution in [3.63, 3.8) is 0 Å². The zero-order valence-corrected chi connectivity index (χ0v) is 10.7. The standard InChI is InChI=1S/C15H23NO/c1-12-5-7-13(8-6-12)10-16-15-4-2-3-14(9-15)11-17/h2-4,9,12-13,16-17H,5-8,10-11H2,1H3. The summed E-state index contributed by atoms with van der Waals surface area (Å²) in [5.74, 6) is 1.74. The Morgan fingerprint density at radius 2 is 2.00 bits per heavy atom. The maximum Gasteiger partial charge on any atom is 0.0682 e. The third-order valence-corrected chi connectivity index (χ3v) is 3.84. The summed E-state index contributed by atoms with van der Waals surface area (Å²) in [5.41, 5.74) is 2.11. The summed E-state index contributed by atoms with van der Waals surface area (Å²) in [7, 11) is 0. The highest BCUT2D eigenvalue weighted by molar-refractivity contribution is 5.45. The zero-order valence-electron chi connectivity index (χ0n) is 10.7. The van der Waals surface area contributed by atoms with Gasteiger partial charge in [-0.25, -0.2) is 0 Å². The third kappa shape index (κ3) is 3.74. The number of rotatable bonds is 4. The van der Waals surface area contributed by atoms with Gasteiger partial charge in [0, 0.05) is 12.2 Å². The van der Waals surface area contributed by atoms with Gasteiger partial charge < -0.3 is 10.4 Å². The van der Waals surface area contributed by atoms with Crippen LogP contribution >= 0.6 is 0 Å². The normalized spacial score (nSPS) is 24.6. The summed E-state index contributed by atoms with van der Waals surface area (Å²) in [6.07, 6.45) is 5.47. The zero-order chi connectivity index (χ0) is 12.1. The second-order valence-corrected chi connectivity index (χ2v) is 5.37. The van der Waals surface area contributed by atoms with E-state index in [0.29, 0.717) is 0 Å². The van der Waals surface area contributed by atoms with Crippen molar-refractivity contribution in [2.45, 2.75) is 39.2 Å². The fourth-order valence-electron chi connectivity index (χ4n) is 2.58. The summed E-state index contributed by atoms with van der Waals surface area (Å²) in [6.45, 7) is 3.55. The van der Waals surface area contributed by atoms with E-state index in [-0.39, 0.29) is 6.61 Å². The van der Waals surface area contributed by atoms with Crippen LogP contribution in [0, 0.1) is 11.8 Å². The van der Waals surface area contributed by atoms with Crippen molar-refractivity contribution in [1.82, 2.24) is 0 Å². The third-order valence-electron chi connectivity index (χ3n) is 3.84. The van der Waals surface area contributed by atoms with E-state index in [0.717, 1.165) is 29.6 Å². The van der Waals surface area contributed by atoms with Gasteiger partial charge in [-0.15, -0.1) is 0 Å². The molecular formula is C15H23NO. The Hall–Kier alpha value is -1.02. The van der Waals surface area contributed by atoms with Crippen LogP contribution in [0.2, 0.25) is 0 Å². The summed E-state index contributed by atoms with van der Waals surface area (Å²) in [6, 6.07) is 8.06. The van der Waals surface area contributed by atoms with Crippen molar-refractivity contribution in [2.24, 2.45) is 11.8 Å². The number of hydrogen-bond acceptors (Lipinski definition) is 2. The van der Waals surface area contributed by atoms with Gasteiger partial charge in [0.25, 0.3) is 0 Å². The van der Waals surface area contributed by atoms with Crippen LogP contribution in [0.4, 0.5) is 5.69 Å². The predicted molar refractivity (Wildman–Crippen MR) is 72.0 cm³/mol. The Morgan fingerprint density at radius 3 is 2.71 bits per heavy atom. The van der Waals surface area contributed by atoms with E-state index in [1.54, 1.807) is 0 Å². The number of anilines is 1. The highest BCUT2D eigenvalue weighted by atomic mass is 16.3. The topological polar surface area (TPSA) is 32.3 Å². The van der Waals surface area contributed by atoms with Gasteiger partial charge in [0.2, 0.25) is 0 Å². The van der Waals surface area contributed by atoms with Gasteiger partial charge >= 0.3 is 0 Å². The lowest BCUT2D eigenvalue weighted by Gasteiger charge is -2.26. The van der Waals surface area contributed by atoms with E-state index in [1.165, 1.54) is 25.7 Å². The van der Waals surface area contributed by atoms with Crippen LogP contribution in [-0.2, 0) is 6.61 Å². The molecule has 17 heavy (non-hydrogen) atoms. The lowest BCUT2D eigenvalue weighted by molar-refractivity contribution is 0.282. The second kappa shape index (κ2) is 6.06. The van der Waals surface area contributed by atoms with Crippen LogP contribution in [0.5, 0.6) is 0 Å². The summed E-state index contributed by atoms with van der Waals surface area (Å²) in [4.78, 5) is 0.